The van der Waals surface area contributed by atoms with Gasteiger partial charge in [0.05, 0.1) is 6.10 Å². The minimum absolute atomic E-state index is 0.482. The maximum absolute atomic E-state index is 5.97. The summed E-state index contributed by atoms with van der Waals surface area (Å²) in [6.07, 6.45) is 4.25. The number of piperidine rings is 1. The highest BCUT2D eigenvalue weighted by Crippen LogP contribution is 2.16. The molecule has 0 spiro atoms. The average molecular weight is 213 g/mol. The Hall–Kier alpha value is -0.0800. The first-order chi connectivity index (χ1) is 7.13. The third kappa shape index (κ3) is 4.52. The van der Waals surface area contributed by atoms with Crippen molar-refractivity contribution >= 4 is 0 Å². The maximum Gasteiger partial charge on any atom is 0.0702 e. The first kappa shape index (κ1) is 13.0. The number of hydrogen-bond donors (Lipinski definition) is 0. The van der Waals surface area contributed by atoms with Crippen molar-refractivity contribution in [3.8, 4) is 0 Å². The second kappa shape index (κ2) is 6.49. The molecule has 1 aliphatic heterocycles. The number of nitrogens with zero attached hydrogens (tertiary/aromatic N) is 1. The van der Waals surface area contributed by atoms with Gasteiger partial charge in [0.15, 0.2) is 0 Å². The number of likely N-dealkylation sites (tertiary alicyclic amines) is 1. The van der Waals surface area contributed by atoms with Gasteiger partial charge < -0.3 is 4.74 Å². The Morgan fingerprint density at radius 1 is 1.33 bits per heavy atom. The van der Waals surface area contributed by atoms with Crippen LogP contribution in [0.3, 0.4) is 0 Å². The first-order valence-corrected chi connectivity index (χ1v) is 6.49. The van der Waals surface area contributed by atoms with E-state index >= 15 is 0 Å². The molecular formula is C13H27NO. The van der Waals surface area contributed by atoms with E-state index in [4.69, 9.17) is 4.74 Å². The Bertz CT molecular complexity index is 170. The molecule has 1 fully saturated rings. The lowest BCUT2D eigenvalue weighted by atomic mass is 10.1. The molecule has 1 heterocycles. The molecule has 0 N–H and O–H groups in total. The zero-order valence-electron chi connectivity index (χ0n) is 10.8. The summed E-state index contributed by atoms with van der Waals surface area (Å²) in [5.41, 5.74) is 0. The molecule has 1 aliphatic rings. The number of hydrogen-bond acceptors (Lipinski definition) is 2. The topological polar surface area (TPSA) is 12.5 Å². The fourth-order valence-corrected chi connectivity index (χ4v) is 1.99. The van der Waals surface area contributed by atoms with Crippen molar-refractivity contribution in [2.24, 2.45) is 5.92 Å². The van der Waals surface area contributed by atoms with Gasteiger partial charge in [0, 0.05) is 19.2 Å². The van der Waals surface area contributed by atoms with Crippen molar-refractivity contribution in [1.29, 1.82) is 0 Å². The second-order valence-corrected chi connectivity index (χ2v) is 5.20. The van der Waals surface area contributed by atoms with Crippen LogP contribution < -0.4 is 0 Å². The quantitative estimate of drug-likeness (QED) is 0.696. The molecule has 0 aromatic carbocycles. The summed E-state index contributed by atoms with van der Waals surface area (Å²) in [6.45, 7) is 12.4. The SMILES string of the molecule is CCC(C)COC1CCCN(C(C)C)C1. The molecule has 1 saturated heterocycles. The highest BCUT2D eigenvalue weighted by atomic mass is 16.5. The minimum atomic E-state index is 0.482. The summed E-state index contributed by atoms with van der Waals surface area (Å²) in [4.78, 5) is 2.53. The fourth-order valence-electron chi connectivity index (χ4n) is 1.99. The second-order valence-electron chi connectivity index (χ2n) is 5.20. The van der Waals surface area contributed by atoms with Gasteiger partial charge in [-0.05, 0) is 39.2 Å². The molecule has 0 amide bonds. The zero-order chi connectivity index (χ0) is 11.3. The normalized spacial score (nSPS) is 25.8. The van der Waals surface area contributed by atoms with Crippen molar-refractivity contribution < 1.29 is 4.74 Å². The molecule has 0 aromatic heterocycles. The monoisotopic (exact) mass is 213 g/mol. The Kier molecular flexibility index (Phi) is 5.62. The summed E-state index contributed by atoms with van der Waals surface area (Å²) in [6, 6.07) is 0.667. The summed E-state index contributed by atoms with van der Waals surface area (Å²) in [7, 11) is 0. The third-order valence-electron chi connectivity index (χ3n) is 3.45. The van der Waals surface area contributed by atoms with Gasteiger partial charge in [-0.2, -0.15) is 0 Å². The van der Waals surface area contributed by atoms with Crippen LogP contribution in [-0.2, 0) is 4.74 Å². The van der Waals surface area contributed by atoms with Crippen LogP contribution in [0.5, 0.6) is 0 Å². The van der Waals surface area contributed by atoms with Crippen LogP contribution in [-0.4, -0.2) is 36.7 Å². The highest BCUT2D eigenvalue weighted by Gasteiger charge is 2.22. The standard InChI is InChI=1S/C13H27NO/c1-5-12(4)10-15-13-7-6-8-14(9-13)11(2)3/h11-13H,5-10H2,1-4H3. The van der Waals surface area contributed by atoms with Crippen LogP contribution in [0.4, 0.5) is 0 Å². The van der Waals surface area contributed by atoms with E-state index in [-0.39, 0.29) is 0 Å². The van der Waals surface area contributed by atoms with E-state index in [0.717, 1.165) is 13.2 Å². The predicted octanol–water partition coefficient (Wildman–Crippen LogP) is 2.92. The molecule has 2 heteroatoms. The summed E-state index contributed by atoms with van der Waals surface area (Å²) in [5.74, 6) is 0.708. The Morgan fingerprint density at radius 2 is 2.07 bits per heavy atom. The Labute approximate surface area is 95.0 Å². The molecular weight excluding hydrogens is 186 g/mol. The molecule has 0 bridgehead atoms. The van der Waals surface area contributed by atoms with Gasteiger partial charge >= 0.3 is 0 Å². The molecule has 1 rings (SSSR count). The molecule has 2 unspecified atom stereocenters. The van der Waals surface area contributed by atoms with Crippen molar-refractivity contribution in [2.75, 3.05) is 19.7 Å². The van der Waals surface area contributed by atoms with Crippen molar-refractivity contribution in [1.82, 2.24) is 4.90 Å². The molecule has 15 heavy (non-hydrogen) atoms. The van der Waals surface area contributed by atoms with E-state index < -0.39 is 0 Å². The summed E-state index contributed by atoms with van der Waals surface area (Å²) < 4.78 is 5.97. The van der Waals surface area contributed by atoms with Crippen molar-refractivity contribution in [2.45, 2.75) is 59.1 Å². The van der Waals surface area contributed by atoms with Gasteiger partial charge in [-0.3, -0.25) is 4.90 Å². The van der Waals surface area contributed by atoms with Crippen LogP contribution in [0.2, 0.25) is 0 Å². The lowest BCUT2D eigenvalue weighted by Gasteiger charge is -2.35. The largest absolute Gasteiger partial charge is 0.377 e. The molecule has 0 aromatic rings. The van der Waals surface area contributed by atoms with E-state index in [1.807, 2.05) is 0 Å². The maximum atomic E-state index is 5.97. The molecule has 90 valence electrons. The first-order valence-electron chi connectivity index (χ1n) is 6.49. The van der Waals surface area contributed by atoms with Gasteiger partial charge in [0.2, 0.25) is 0 Å². The number of rotatable bonds is 5. The lowest BCUT2D eigenvalue weighted by Crippen LogP contribution is -2.43. The van der Waals surface area contributed by atoms with Gasteiger partial charge in [-0.25, -0.2) is 0 Å². The van der Waals surface area contributed by atoms with Gasteiger partial charge in [0.25, 0.3) is 0 Å². The van der Waals surface area contributed by atoms with Crippen molar-refractivity contribution in [3.63, 3.8) is 0 Å². The molecule has 0 saturated carbocycles. The summed E-state index contributed by atoms with van der Waals surface area (Å²) >= 11 is 0. The van der Waals surface area contributed by atoms with Gasteiger partial charge in [-0.1, -0.05) is 20.3 Å². The molecule has 2 nitrogen and oxygen atoms in total. The van der Waals surface area contributed by atoms with Crippen LogP contribution in [0.1, 0.15) is 47.0 Å². The van der Waals surface area contributed by atoms with Crippen molar-refractivity contribution in [3.05, 3.63) is 0 Å². The number of ether oxygens (including phenoxy) is 1. The van der Waals surface area contributed by atoms with E-state index in [1.165, 1.54) is 25.8 Å². The molecule has 2 atom stereocenters. The minimum Gasteiger partial charge on any atom is -0.377 e. The molecule has 0 radical (unpaired) electrons. The van der Waals surface area contributed by atoms with Crippen LogP contribution >= 0.6 is 0 Å². The lowest BCUT2D eigenvalue weighted by molar-refractivity contribution is -0.0212. The van der Waals surface area contributed by atoms with E-state index in [2.05, 4.69) is 32.6 Å². The zero-order valence-corrected chi connectivity index (χ0v) is 10.8. The Balaban J connectivity index is 2.24. The van der Waals surface area contributed by atoms with E-state index in [0.29, 0.717) is 18.1 Å². The Morgan fingerprint density at radius 3 is 2.67 bits per heavy atom. The smallest absolute Gasteiger partial charge is 0.0702 e. The van der Waals surface area contributed by atoms with Crippen LogP contribution in [0.25, 0.3) is 0 Å². The third-order valence-corrected chi connectivity index (χ3v) is 3.45. The summed E-state index contributed by atoms with van der Waals surface area (Å²) in [5, 5.41) is 0. The van der Waals surface area contributed by atoms with Gasteiger partial charge in [-0.15, -0.1) is 0 Å². The average Bonchev–Trinajstić information content (AvgIpc) is 2.26. The van der Waals surface area contributed by atoms with Crippen LogP contribution in [0.15, 0.2) is 0 Å². The highest BCUT2D eigenvalue weighted by molar-refractivity contribution is 4.75. The molecule has 0 aliphatic carbocycles. The fraction of sp³-hybridized carbons (Fsp3) is 1.00. The van der Waals surface area contributed by atoms with E-state index in [1.54, 1.807) is 0 Å². The predicted molar refractivity (Wildman–Crippen MR) is 65.1 cm³/mol. The van der Waals surface area contributed by atoms with Gasteiger partial charge in [0.1, 0.15) is 0 Å². The van der Waals surface area contributed by atoms with Crippen LogP contribution in [0, 0.1) is 5.92 Å². The van der Waals surface area contributed by atoms with E-state index in [9.17, 15) is 0 Å².